The molecule has 3 atom stereocenters. The molecule has 0 spiro atoms. The van der Waals surface area contributed by atoms with Crippen LogP contribution in [0.3, 0.4) is 0 Å². The van der Waals surface area contributed by atoms with E-state index in [1.54, 1.807) is 44.7 Å². The van der Waals surface area contributed by atoms with Crippen molar-refractivity contribution in [2.24, 2.45) is 0 Å². The van der Waals surface area contributed by atoms with Gasteiger partial charge < -0.3 is 96.5 Å². The van der Waals surface area contributed by atoms with Crippen LogP contribution in [0.2, 0.25) is 0 Å². The van der Waals surface area contributed by atoms with Gasteiger partial charge in [-0.25, -0.2) is 37.7 Å². The third kappa shape index (κ3) is 20.6. The number of hydrogen-bond acceptors (Lipinski definition) is 26. The monoisotopic (exact) mass is 1810 g/mol. The minimum Gasteiger partial charge on any atom is -0.496 e. The maximum Gasteiger partial charge on any atom is 0.345 e. The van der Waals surface area contributed by atoms with E-state index in [4.69, 9.17) is 41.0 Å². The number of piperazine rings is 5. The summed E-state index contributed by atoms with van der Waals surface area (Å²) < 4.78 is 78.0. The number of rotatable bonds is 14. The molecule has 0 radical (unpaired) electrons. The Kier molecular flexibility index (Phi) is 27.8. The van der Waals surface area contributed by atoms with Crippen molar-refractivity contribution < 1.29 is 49.8 Å². The fraction of sp³-hybridized carbons (Fsp3) is 0.286. The fourth-order valence-electron chi connectivity index (χ4n) is 17.6. The van der Waals surface area contributed by atoms with Crippen LogP contribution in [0.5, 0.6) is 23.0 Å². The van der Waals surface area contributed by atoms with Crippen molar-refractivity contribution in [3.63, 3.8) is 0 Å². The largest absolute Gasteiger partial charge is 0.496 e. The number of nitrogens with one attached hydrogen (secondary N) is 5. The van der Waals surface area contributed by atoms with Crippen LogP contribution in [0.15, 0.2) is 259 Å². The number of nitrogens with zero attached hydrogens (tertiary/aromatic N) is 8. The second-order valence-electron chi connectivity index (χ2n) is 34.2. The van der Waals surface area contributed by atoms with E-state index in [9.17, 15) is 32.8 Å². The van der Waals surface area contributed by atoms with Crippen LogP contribution < -0.4 is 98.2 Å². The predicted octanol–water partition coefficient (Wildman–Crippen LogP) is 15.8. The Morgan fingerprint density at radius 2 is 0.634 bits per heavy atom. The summed E-state index contributed by atoms with van der Waals surface area (Å²) in [6, 6.07) is 60.6. The molecule has 5 aliphatic heterocycles. The van der Waals surface area contributed by atoms with Gasteiger partial charge in [0.15, 0.2) is 28.8 Å². The third-order valence-electron chi connectivity index (χ3n) is 25.0. The molecule has 0 bridgehead atoms. The number of aromatic nitrogens is 3. The van der Waals surface area contributed by atoms with Crippen LogP contribution in [-0.4, -0.2) is 172 Å². The molecule has 5 fully saturated rings. The van der Waals surface area contributed by atoms with Gasteiger partial charge in [-0.15, -0.1) is 0 Å². The Labute approximate surface area is 771 Å². The number of anilines is 5. The maximum absolute atomic E-state index is 13.7. The molecule has 29 heteroatoms. The van der Waals surface area contributed by atoms with Gasteiger partial charge in [0.05, 0.1) is 67.6 Å². The molecular weight excluding hydrogens is 1710 g/mol. The number of aryl methyl sites for hydroxylation is 3. The number of fused-ring (bicyclic) bond motifs is 6. The molecule has 7 aromatic heterocycles. The van der Waals surface area contributed by atoms with Gasteiger partial charge in [-0.3, -0.25) is 4.98 Å². The molecule has 0 aliphatic carbocycles. The Balaban J connectivity index is 0.000000117. The van der Waals surface area contributed by atoms with Crippen molar-refractivity contribution >= 4 is 88.9 Å². The molecule has 0 saturated carbocycles. The summed E-state index contributed by atoms with van der Waals surface area (Å²) in [5.41, 5.74) is 15.5. The highest BCUT2D eigenvalue weighted by atomic mass is 19.1. The first-order chi connectivity index (χ1) is 65.0. The van der Waals surface area contributed by atoms with Crippen LogP contribution in [0, 0.1) is 32.4 Å². The van der Waals surface area contributed by atoms with E-state index in [1.165, 1.54) is 38.5 Å². The van der Waals surface area contributed by atoms with E-state index in [0.717, 1.165) is 212 Å². The van der Waals surface area contributed by atoms with Crippen LogP contribution in [0.25, 0.3) is 116 Å². The lowest BCUT2D eigenvalue weighted by molar-refractivity contribution is 0.386. The minimum atomic E-state index is -0.471. The van der Waals surface area contributed by atoms with Gasteiger partial charge in [0.25, 0.3) is 0 Å². The van der Waals surface area contributed by atoms with Crippen LogP contribution in [0.1, 0.15) is 37.6 Å². The van der Waals surface area contributed by atoms with Crippen molar-refractivity contribution in [3.8, 4) is 78.8 Å². The Hall–Kier alpha value is -14.5. The number of hydrogen-bond donors (Lipinski definition) is 5. The summed E-state index contributed by atoms with van der Waals surface area (Å²) in [5.74, 6) is 0.765. The van der Waals surface area contributed by atoms with E-state index in [1.807, 2.05) is 165 Å². The highest BCUT2D eigenvalue weighted by Gasteiger charge is 2.25. The van der Waals surface area contributed by atoms with Crippen LogP contribution in [0.4, 0.5) is 37.2 Å². The summed E-state index contributed by atoms with van der Waals surface area (Å²) in [4.78, 5) is 83.2. The Morgan fingerprint density at radius 3 is 0.948 bits per heavy atom. The molecule has 0 amide bonds. The third-order valence-corrected chi connectivity index (χ3v) is 25.0. The van der Waals surface area contributed by atoms with Crippen molar-refractivity contribution in [2.75, 3.05) is 164 Å². The molecule has 12 heterocycles. The predicted molar refractivity (Wildman–Crippen MR) is 526 cm³/mol. The average molecular weight is 1810 g/mol. The highest BCUT2D eigenvalue weighted by Crippen LogP contribution is 2.36. The molecule has 0 unspecified atom stereocenters. The lowest BCUT2D eigenvalue weighted by atomic mass is 10.0. The van der Waals surface area contributed by atoms with Crippen molar-refractivity contribution in [2.45, 2.75) is 59.7 Å². The van der Waals surface area contributed by atoms with Crippen molar-refractivity contribution in [1.82, 2.24) is 41.0 Å². The van der Waals surface area contributed by atoms with Gasteiger partial charge in [-0.1, -0.05) is 36.4 Å². The standard InChI is InChI=1S/C22H24N2O3.C21H21FN2O3.C21H21N5O2.C21H22N2O3.C20H19FN2O3/c1-14-4-5-16(11-20(14)26-3)19-10-17-6-7-18(12-21(17)27-22(19)25)24-9-8-23-15(2)13-24;1-13-12-24(8-7-23-13)16-5-3-15-9-17(21(25)27-19(15)11-16)14-4-6-18(22)20(10-14)26-2;1-13-11-25(7-5-22-13)16-4-3-15-9-17(21(27)28-19(15)10-16)18-12-26-8-6-23-14(2)20(26)24-18;1-14-3-4-15(12-19(14)25-2)18-11-16-5-6-17(13-20(16)26-21(18)24)23-9-7-22-8-10-23;1-25-19-11-13(3-5-17(19)21)16-10-14-2-4-15(12-18(14)26-20(16)24)23-8-6-22-7-9-23/h4-7,10-12,15,23H,8-9,13H2,1-3H3;3-6,9-11,13,23H,7-8,12H2,1-2H3;3-4,6,8-10,12-13,22H,5,7,11H2,1-2H3;3-6,11-13,22H,7-10H2,1-2H3;2-5,10-12,22H,6-9H2,1H3/t15-;2*13-;;/m000../s1. The van der Waals surface area contributed by atoms with Gasteiger partial charge in [-0.2, -0.15) is 0 Å². The summed E-state index contributed by atoms with van der Waals surface area (Å²) in [6.45, 7) is 28.3. The average Bonchev–Trinajstić information content (AvgIpc) is 1.70. The van der Waals surface area contributed by atoms with E-state index >= 15 is 0 Å². The molecule has 5 aliphatic rings. The molecular formula is C105H107F2N13O14. The molecule has 27 nitrogen and oxygen atoms in total. The quantitative estimate of drug-likeness (QED) is 0.0632. The van der Waals surface area contributed by atoms with Gasteiger partial charge in [0.1, 0.15) is 39.4 Å². The topological polar surface area (TPSA) is 295 Å². The second kappa shape index (κ2) is 40.7. The van der Waals surface area contributed by atoms with Gasteiger partial charge in [0, 0.05) is 234 Å². The number of ether oxygens (including phenoxy) is 4. The number of imidazole rings is 1. The zero-order chi connectivity index (χ0) is 93.4. The molecule has 5 saturated heterocycles. The Bertz CT molecular complexity index is 7020. The first-order valence-corrected chi connectivity index (χ1v) is 45.0. The highest BCUT2D eigenvalue weighted by molar-refractivity contribution is 5.90. The summed E-state index contributed by atoms with van der Waals surface area (Å²) >= 11 is 0. The normalized spacial score (nSPS) is 16.3. The Morgan fingerprint density at radius 1 is 0.343 bits per heavy atom. The van der Waals surface area contributed by atoms with E-state index in [-0.39, 0.29) is 28.4 Å². The molecule has 134 heavy (non-hydrogen) atoms. The lowest BCUT2D eigenvalue weighted by Gasteiger charge is -2.33. The second-order valence-corrected chi connectivity index (χ2v) is 34.2. The molecule has 5 N–H and O–H groups in total. The number of benzene rings is 9. The van der Waals surface area contributed by atoms with E-state index in [2.05, 4.69) is 100 Å². The molecule has 21 rings (SSSR count). The van der Waals surface area contributed by atoms with Gasteiger partial charge in [0.2, 0.25) is 0 Å². The first-order valence-electron chi connectivity index (χ1n) is 45.0. The molecule has 690 valence electrons. The van der Waals surface area contributed by atoms with Gasteiger partial charge in [-0.05, 0) is 202 Å². The SMILES string of the molecule is COc1cc(-c2cc3ccc(N4CCNCC4)cc3oc2=O)ccc1C.COc1cc(-c2cc3ccc(N4CCNCC4)cc3oc2=O)ccc1F.COc1cc(-c2cc3ccc(N4CCN[C@@H](C)C4)cc3oc2=O)ccc1C.COc1cc(-c2cc3ccc(N4CCN[C@@H](C)C4)cc3oc2=O)ccc1F.Cc1nccn2cc(-c3cc4ccc(N5CCN[C@@H](C)C5)cc4oc3=O)nc12. The zero-order valence-electron chi connectivity index (χ0n) is 76.5. The van der Waals surface area contributed by atoms with Crippen molar-refractivity contribution in [3.05, 3.63) is 293 Å². The van der Waals surface area contributed by atoms with E-state index < -0.39 is 22.9 Å². The smallest absolute Gasteiger partial charge is 0.345 e. The van der Waals surface area contributed by atoms with Crippen LogP contribution >= 0.6 is 0 Å². The minimum absolute atomic E-state index is 0.0928. The van der Waals surface area contributed by atoms with Crippen molar-refractivity contribution in [1.29, 1.82) is 0 Å². The first kappa shape index (κ1) is 91.4. The summed E-state index contributed by atoms with van der Waals surface area (Å²) in [7, 11) is 6.05. The zero-order valence-corrected chi connectivity index (χ0v) is 76.5. The van der Waals surface area contributed by atoms with E-state index in [0.29, 0.717) is 90.7 Å². The fourth-order valence-corrected chi connectivity index (χ4v) is 17.6. The molecule has 16 aromatic rings. The maximum atomic E-state index is 13.7. The summed E-state index contributed by atoms with van der Waals surface area (Å²) in [6.07, 6.45) is 5.37. The van der Waals surface area contributed by atoms with Gasteiger partial charge >= 0.3 is 28.1 Å². The lowest BCUT2D eigenvalue weighted by Crippen LogP contribution is -2.49. The number of methoxy groups -OCH3 is 4. The van der Waals surface area contributed by atoms with Crippen LogP contribution in [-0.2, 0) is 0 Å². The summed E-state index contributed by atoms with van der Waals surface area (Å²) in [5, 5.41) is 21.3. The molecule has 9 aromatic carbocycles. The number of halogens is 2.